The quantitative estimate of drug-likeness (QED) is 0.439. The van der Waals surface area contributed by atoms with Gasteiger partial charge in [0.25, 0.3) is 0 Å². The highest BCUT2D eigenvalue weighted by atomic mass is 79.9. The van der Waals surface area contributed by atoms with Gasteiger partial charge >= 0.3 is 0 Å². The summed E-state index contributed by atoms with van der Waals surface area (Å²) in [5.74, 6) is -0.0316. The lowest BCUT2D eigenvalue weighted by Crippen LogP contribution is -2.62. The van der Waals surface area contributed by atoms with E-state index in [1.54, 1.807) is 0 Å². The van der Waals surface area contributed by atoms with E-state index in [0.717, 1.165) is 47.5 Å². The summed E-state index contributed by atoms with van der Waals surface area (Å²) in [4.78, 5) is 3.43. The second kappa shape index (κ2) is 10.5. The predicted octanol–water partition coefficient (Wildman–Crippen LogP) is 4.75. The Morgan fingerprint density at radius 2 is 1.79 bits per heavy atom. The molecule has 0 spiro atoms. The molecule has 3 rings (SSSR count). The third-order valence-electron chi connectivity index (χ3n) is 5.94. The topological polar surface area (TPSA) is 33.7 Å². The zero-order chi connectivity index (χ0) is 20.0. The van der Waals surface area contributed by atoms with E-state index in [1.165, 1.54) is 19.3 Å². The Kier molecular flexibility index (Phi) is 8.30. The average molecular weight is 469 g/mol. The zero-order valence-electron chi connectivity index (χ0n) is 17.1. The molecular formula is C22H33BrN2O2S. The summed E-state index contributed by atoms with van der Waals surface area (Å²) in [6.07, 6.45) is 5.81. The molecular weight excluding hydrogens is 436 g/mol. The Morgan fingerprint density at radius 1 is 1.14 bits per heavy atom. The number of hydrogen-bond donors (Lipinski definition) is 1. The van der Waals surface area contributed by atoms with Crippen molar-refractivity contribution in [1.29, 1.82) is 0 Å². The second-order valence-electron chi connectivity index (χ2n) is 7.73. The second-order valence-corrected chi connectivity index (χ2v) is 9.06. The van der Waals surface area contributed by atoms with Crippen molar-refractivity contribution in [3.05, 3.63) is 34.3 Å². The van der Waals surface area contributed by atoms with Crippen molar-refractivity contribution >= 4 is 33.1 Å². The molecule has 0 radical (unpaired) electrons. The number of ether oxygens (including phenoxy) is 2. The maximum atomic E-state index is 6.34. The Balaban J connectivity index is 1.75. The third-order valence-corrected chi connectivity index (χ3v) is 6.85. The van der Waals surface area contributed by atoms with Gasteiger partial charge in [-0.15, -0.1) is 0 Å². The van der Waals surface area contributed by atoms with E-state index in [4.69, 9.17) is 21.7 Å². The molecule has 156 valence electrons. The molecule has 0 amide bonds. The number of thiocarbonyl (C=S) groups is 1. The molecule has 2 aliphatic rings. The molecule has 1 aromatic carbocycles. The lowest BCUT2D eigenvalue weighted by molar-refractivity contribution is -0.286. The molecule has 1 saturated carbocycles. The maximum absolute atomic E-state index is 6.34. The highest BCUT2D eigenvalue weighted by Gasteiger charge is 2.50. The fraction of sp³-hybridized carbons (Fsp3) is 0.682. The van der Waals surface area contributed by atoms with Gasteiger partial charge in [-0.2, -0.15) is 0 Å². The number of likely N-dealkylation sites (tertiary alicyclic amines) is 1. The minimum Gasteiger partial charge on any atom is -0.375 e. The van der Waals surface area contributed by atoms with Gasteiger partial charge in [-0.1, -0.05) is 40.3 Å². The van der Waals surface area contributed by atoms with Crippen LogP contribution in [0.3, 0.4) is 0 Å². The lowest BCUT2D eigenvalue weighted by atomic mass is 9.78. The monoisotopic (exact) mass is 468 g/mol. The lowest BCUT2D eigenvalue weighted by Gasteiger charge is -2.50. The van der Waals surface area contributed by atoms with E-state index < -0.39 is 5.79 Å². The van der Waals surface area contributed by atoms with Crippen molar-refractivity contribution in [2.24, 2.45) is 5.92 Å². The number of halogens is 1. The molecule has 1 aromatic rings. The first-order valence-corrected chi connectivity index (χ1v) is 11.9. The van der Waals surface area contributed by atoms with Gasteiger partial charge in [0.15, 0.2) is 5.79 Å². The summed E-state index contributed by atoms with van der Waals surface area (Å²) in [6, 6.07) is 8.47. The normalized spacial score (nSPS) is 25.0. The maximum Gasteiger partial charge on any atom is 0.184 e. The Bertz CT molecular complexity index is 622. The number of nitrogens with zero attached hydrogens (tertiary/aromatic N) is 1. The van der Waals surface area contributed by atoms with Crippen molar-refractivity contribution in [3.8, 4) is 0 Å². The summed E-state index contributed by atoms with van der Waals surface area (Å²) in [6.45, 7) is 8.65. The first-order valence-electron chi connectivity index (χ1n) is 10.7. The van der Waals surface area contributed by atoms with Crippen molar-refractivity contribution in [2.45, 2.75) is 57.8 Å². The number of rotatable bonds is 8. The van der Waals surface area contributed by atoms with Gasteiger partial charge in [0.2, 0.25) is 0 Å². The minimum absolute atomic E-state index is 0.281. The SMILES string of the molecule is CCOC1(OCC)CCCC(CNC(=S)c2ccc(Br)cc2)C1N1CCCC1. The molecule has 6 heteroatoms. The van der Waals surface area contributed by atoms with Crippen LogP contribution in [-0.4, -0.2) is 54.6 Å². The minimum atomic E-state index is -0.488. The van der Waals surface area contributed by atoms with Crippen LogP contribution in [0, 0.1) is 5.92 Å². The van der Waals surface area contributed by atoms with Crippen LogP contribution in [0.1, 0.15) is 51.5 Å². The van der Waals surface area contributed by atoms with Gasteiger partial charge < -0.3 is 14.8 Å². The van der Waals surface area contributed by atoms with E-state index in [0.29, 0.717) is 19.1 Å². The molecule has 1 saturated heterocycles. The molecule has 1 aliphatic carbocycles. The first-order chi connectivity index (χ1) is 13.6. The largest absolute Gasteiger partial charge is 0.375 e. The van der Waals surface area contributed by atoms with Gasteiger partial charge in [0, 0.05) is 36.2 Å². The fourth-order valence-electron chi connectivity index (χ4n) is 4.86. The van der Waals surface area contributed by atoms with Crippen LogP contribution < -0.4 is 5.32 Å². The van der Waals surface area contributed by atoms with Crippen LogP contribution in [0.25, 0.3) is 0 Å². The molecule has 0 bridgehead atoms. The van der Waals surface area contributed by atoms with Crippen molar-refractivity contribution in [3.63, 3.8) is 0 Å². The predicted molar refractivity (Wildman–Crippen MR) is 122 cm³/mol. The standard InChI is InChI=1S/C22H33BrN2O2S/c1-3-26-22(27-4-2)13-7-8-18(20(22)25-14-5-6-15-25)16-24-21(28)17-9-11-19(23)12-10-17/h9-12,18,20H,3-8,13-16H2,1-2H3,(H,24,28). The van der Waals surface area contributed by atoms with Crippen LogP contribution in [0.15, 0.2) is 28.7 Å². The third kappa shape index (κ3) is 5.14. The van der Waals surface area contributed by atoms with Gasteiger partial charge in [-0.25, -0.2) is 0 Å². The van der Waals surface area contributed by atoms with Crippen LogP contribution in [0.2, 0.25) is 0 Å². The summed E-state index contributed by atoms with van der Waals surface area (Å²) in [5, 5.41) is 3.54. The van der Waals surface area contributed by atoms with Crippen LogP contribution in [0.5, 0.6) is 0 Å². The fourth-order valence-corrected chi connectivity index (χ4v) is 5.34. The highest BCUT2D eigenvalue weighted by Crippen LogP contribution is 2.41. The molecule has 0 aromatic heterocycles. The van der Waals surface area contributed by atoms with Crippen LogP contribution in [-0.2, 0) is 9.47 Å². The molecule has 4 nitrogen and oxygen atoms in total. The van der Waals surface area contributed by atoms with E-state index in [1.807, 2.05) is 12.1 Å². The zero-order valence-corrected chi connectivity index (χ0v) is 19.5. The first kappa shape index (κ1) is 22.2. The molecule has 1 N–H and O–H groups in total. The summed E-state index contributed by atoms with van der Waals surface area (Å²) >= 11 is 9.15. The van der Waals surface area contributed by atoms with Gasteiger partial charge in [-0.05, 0) is 70.7 Å². The van der Waals surface area contributed by atoms with E-state index in [-0.39, 0.29) is 6.04 Å². The van der Waals surface area contributed by atoms with E-state index in [9.17, 15) is 0 Å². The number of hydrogen-bond acceptors (Lipinski definition) is 4. The summed E-state index contributed by atoms with van der Waals surface area (Å²) in [7, 11) is 0. The van der Waals surface area contributed by atoms with Gasteiger partial charge in [0.05, 0.1) is 6.04 Å². The van der Waals surface area contributed by atoms with Crippen LogP contribution in [0.4, 0.5) is 0 Å². The summed E-state index contributed by atoms with van der Waals surface area (Å²) in [5.41, 5.74) is 1.06. The number of nitrogens with one attached hydrogen (secondary N) is 1. The Labute approximate surface area is 183 Å². The van der Waals surface area contributed by atoms with E-state index >= 15 is 0 Å². The molecule has 2 fully saturated rings. The molecule has 1 heterocycles. The van der Waals surface area contributed by atoms with Crippen LogP contribution >= 0.6 is 28.1 Å². The Hall–Kier alpha value is -0.530. The van der Waals surface area contributed by atoms with Crippen molar-refractivity contribution in [1.82, 2.24) is 10.2 Å². The number of benzene rings is 1. The molecule has 2 atom stereocenters. The van der Waals surface area contributed by atoms with E-state index in [2.05, 4.69) is 52.1 Å². The summed E-state index contributed by atoms with van der Waals surface area (Å²) < 4.78 is 13.8. The average Bonchev–Trinajstić information content (AvgIpc) is 3.21. The molecule has 28 heavy (non-hydrogen) atoms. The van der Waals surface area contributed by atoms with Gasteiger partial charge in [-0.3, -0.25) is 4.90 Å². The highest BCUT2D eigenvalue weighted by molar-refractivity contribution is 9.10. The van der Waals surface area contributed by atoms with Crippen molar-refractivity contribution < 1.29 is 9.47 Å². The smallest absolute Gasteiger partial charge is 0.184 e. The molecule has 2 unspecified atom stereocenters. The van der Waals surface area contributed by atoms with Gasteiger partial charge in [0.1, 0.15) is 4.99 Å². The molecule has 1 aliphatic heterocycles. The Morgan fingerprint density at radius 3 is 2.39 bits per heavy atom. The van der Waals surface area contributed by atoms with Crippen molar-refractivity contribution in [2.75, 3.05) is 32.8 Å².